The average Bonchev–Trinajstić information content (AvgIpc) is 2.20. The van der Waals surface area contributed by atoms with Gasteiger partial charge in [-0.15, -0.1) is 0 Å². The summed E-state index contributed by atoms with van der Waals surface area (Å²) in [6.45, 7) is 0. The van der Waals surface area contributed by atoms with Crippen LogP contribution in [0.15, 0.2) is 18.2 Å². The number of ether oxygens (including phenoxy) is 1. The first-order chi connectivity index (χ1) is 7.13. The van der Waals surface area contributed by atoms with E-state index < -0.39 is 18.0 Å². The molecule has 2 unspecified atom stereocenters. The summed E-state index contributed by atoms with van der Waals surface area (Å²) in [6, 6.07) is 6.50. The standard InChI is InChI=1S/C10H8N2O3/c11-4-7-6-2-1-5(12)3-8(6)15-10(14)9(7)13/h1-3,7,9,13H,12H2. The maximum absolute atomic E-state index is 11.2. The van der Waals surface area contributed by atoms with E-state index in [-0.39, 0.29) is 5.75 Å². The Hall–Kier alpha value is -2.06. The summed E-state index contributed by atoms with van der Waals surface area (Å²) in [5, 5.41) is 18.3. The number of nitrogens with two attached hydrogens (primary N) is 1. The normalized spacial score (nSPS) is 23.9. The Labute approximate surface area is 85.7 Å². The van der Waals surface area contributed by atoms with E-state index in [0.717, 1.165) is 0 Å². The van der Waals surface area contributed by atoms with E-state index in [9.17, 15) is 9.90 Å². The molecule has 0 aromatic heterocycles. The van der Waals surface area contributed by atoms with E-state index in [1.165, 1.54) is 6.07 Å². The van der Waals surface area contributed by atoms with E-state index in [1.54, 1.807) is 12.1 Å². The molecule has 0 fully saturated rings. The summed E-state index contributed by atoms with van der Waals surface area (Å²) in [6.07, 6.45) is -1.42. The fourth-order valence-electron chi connectivity index (χ4n) is 1.51. The van der Waals surface area contributed by atoms with Gasteiger partial charge in [0.25, 0.3) is 0 Å². The van der Waals surface area contributed by atoms with Crippen LogP contribution in [0, 0.1) is 11.3 Å². The number of anilines is 1. The zero-order valence-electron chi connectivity index (χ0n) is 7.68. The maximum atomic E-state index is 11.2. The average molecular weight is 204 g/mol. The van der Waals surface area contributed by atoms with Crippen LogP contribution in [0.3, 0.4) is 0 Å². The lowest BCUT2D eigenvalue weighted by atomic mass is 9.91. The maximum Gasteiger partial charge on any atom is 0.342 e. The molecule has 2 atom stereocenters. The van der Waals surface area contributed by atoms with E-state index in [1.807, 2.05) is 6.07 Å². The van der Waals surface area contributed by atoms with Gasteiger partial charge in [-0.05, 0) is 6.07 Å². The quantitative estimate of drug-likeness (QED) is 0.356. The van der Waals surface area contributed by atoms with Crippen LogP contribution in [0.5, 0.6) is 5.75 Å². The number of hydrogen-bond donors (Lipinski definition) is 2. The number of benzene rings is 1. The number of nitriles is 1. The Morgan fingerprint density at radius 2 is 2.27 bits per heavy atom. The Balaban J connectivity index is 2.56. The van der Waals surface area contributed by atoms with E-state index in [4.69, 9.17) is 15.7 Å². The minimum absolute atomic E-state index is 0.247. The molecular formula is C10H8N2O3. The van der Waals surface area contributed by atoms with Crippen molar-refractivity contribution in [2.24, 2.45) is 0 Å². The molecule has 3 N–H and O–H groups in total. The molecule has 0 amide bonds. The zero-order chi connectivity index (χ0) is 11.0. The topological polar surface area (TPSA) is 96.3 Å². The molecule has 76 valence electrons. The number of nitrogens with zero attached hydrogens (tertiary/aromatic N) is 1. The number of nitrogen functional groups attached to an aromatic ring is 1. The predicted molar refractivity (Wildman–Crippen MR) is 50.9 cm³/mol. The highest BCUT2D eigenvalue weighted by atomic mass is 16.6. The summed E-state index contributed by atoms with van der Waals surface area (Å²) in [4.78, 5) is 11.2. The van der Waals surface area contributed by atoms with Crippen LogP contribution in [0.1, 0.15) is 11.5 Å². The van der Waals surface area contributed by atoms with Gasteiger partial charge in [-0.2, -0.15) is 5.26 Å². The van der Waals surface area contributed by atoms with Gasteiger partial charge in [0.2, 0.25) is 0 Å². The Kier molecular flexibility index (Phi) is 2.06. The van der Waals surface area contributed by atoms with Gasteiger partial charge in [-0.1, -0.05) is 6.07 Å². The molecule has 0 saturated carbocycles. The van der Waals surface area contributed by atoms with E-state index in [2.05, 4.69) is 0 Å². The van der Waals surface area contributed by atoms with Gasteiger partial charge in [0.05, 0.1) is 6.07 Å². The number of aliphatic hydroxyl groups is 1. The molecule has 0 bridgehead atoms. The zero-order valence-corrected chi connectivity index (χ0v) is 7.68. The molecule has 5 nitrogen and oxygen atoms in total. The van der Waals surface area contributed by atoms with Crippen molar-refractivity contribution in [1.82, 2.24) is 0 Å². The Morgan fingerprint density at radius 3 is 2.93 bits per heavy atom. The number of esters is 1. The molecule has 5 heteroatoms. The van der Waals surface area contributed by atoms with Gasteiger partial charge in [-0.25, -0.2) is 4.79 Å². The molecule has 0 aliphatic carbocycles. The summed E-state index contributed by atoms with van der Waals surface area (Å²) < 4.78 is 4.84. The van der Waals surface area contributed by atoms with Gasteiger partial charge in [0.1, 0.15) is 11.7 Å². The van der Waals surface area contributed by atoms with Crippen LogP contribution in [-0.2, 0) is 4.79 Å². The summed E-state index contributed by atoms with van der Waals surface area (Å²) in [5.41, 5.74) is 6.44. The van der Waals surface area contributed by atoms with Crippen molar-refractivity contribution in [1.29, 1.82) is 5.26 Å². The minimum atomic E-state index is -1.42. The van der Waals surface area contributed by atoms with E-state index in [0.29, 0.717) is 11.3 Å². The molecule has 0 saturated heterocycles. The predicted octanol–water partition coefficient (Wildman–Crippen LogP) is 0.156. The van der Waals surface area contributed by atoms with Crippen molar-refractivity contribution in [3.05, 3.63) is 23.8 Å². The second kappa shape index (κ2) is 3.26. The summed E-state index contributed by atoms with van der Waals surface area (Å²) in [7, 11) is 0. The number of carbonyl (C=O) groups excluding carboxylic acids is 1. The van der Waals surface area contributed by atoms with Crippen molar-refractivity contribution >= 4 is 11.7 Å². The molecular weight excluding hydrogens is 196 g/mol. The molecule has 0 spiro atoms. The lowest BCUT2D eigenvalue weighted by Crippen LogP contribution is -2.35. The first-order valence-electron chi connectivity index (χ1n) is 4.32. The van der Waals surface area contributed by atoms with Gasteiger partial charge in [0, 0.05) is 17.3 Å². The Bertz CT molecular complexity index is 464. The monoisotopic (exact) mass is 204 g/mol. The fourth-order valence-corrected chi connectivity index (χ4v) is 1.51. The SMILES string of the molecule is N#CC1c2ccc(N)cc2OC(=O)C1O. The molecule has 1 heterocycles. The molecule has 1 aliphatic heterocycles. The first-order valence-corrected chi connectivity index (χ1v) is 4.32. The van der Waals surface area contributed by atoms with Crippen molar-refractivity contribution in [2.75, 3.05) is 5.73 Å². The third kappa shape index (κ3) is 1.41. The molecule has 1 aromatic carbocycles. The molecule has 1 aliphatic rings. The summed E-state index contributed by atoms with van der Waals surface area (Å²) in [5.74, 6) is -1.46. The number of fused-ring (bicyclic) bond motifs is 1. The first kappa shape index (κ1) is 9.49. The second-order valence-corrected chi connectivity index (χ2v) is 3.27. The molecule has 2 rings (SSSR count). The number of carbonyl (C=O) groups is 1. The lowest BCUT2D eigenvalue weighted by Gasteiger charge is -2.24. The third-order valence-corrected chi connectivity index (χ3v) is 2.28. The molecule has 15 heavy (non-hydrogen) atoms. The van der Waals surface area contributed by atoms with Crippen LogP contribution in [0.2, 0.25) is 0 Å². The molecule has 1 aromatic rings. The highest BCUT2D eigenvalue weighted by Crippen LogP contribution is 2.35. The van der Waals surface area contributed by atoms with Crippen LogP contribution in [0.4, 0.5) is 5.69 Å². The van der Waals surface area contributed by atoms with Gasteiger partial charge in [-0.3, -0.25) is 0 Å². The van der Waals surface area contributed by atoms with Crippen LogP contribution in [-0.4, -0.2) is 17.2 Å². The number of rotatable bonds is 0. The summed E-state index contributed by atoms with van der Waals surface area (Å²) >= 11 is 0. The lowest BCUT2D eigenvalue weighted by molar-refractivity contribution is -0.145. The highest BCUT2D eigenvalue weighted by molar-refractivity contribution is 5.82. The van der Waals surface area contributed by atoms with Crippen molar-refractivity contribution < 1.29 is 14.6 Å². The second-order valence-electron chi connectivity index (χ2n) is 3.27. The van der Waals surface area contributed by atoms with Crippen molar-refractivity contribution in [3.63, 3.8) is 0 Å². The van der Waals surface area contributed by atoms with Gasteiger partial charge in [0.15, 0.2) is 6.10 Å². The van der Waals surface area contributed by atoms with Crippen LogP contribution in [0.25, 0.3) is 0 Å². The van der Waals surface area contributed by atoms with Crippen LogP contribution >= 0.6 is 0 Å². The Morgan fingerprint density at radius 1 is 1.53 bits per heavy atom. The van der Waals surface area contributed by atoms with Crippen LogP contribution < -0.4 is 10.5 Å². The van der Waals surface area contributed by atoms with Crippen molar-refractivity contribution in [2.45, 2.75) is 12.0 Å². The van der Waals surface area contributed by atoms with Gasteiger partial charge >= 0.3 is 5.97 Å². The number of aliphatic hydroxyl groups excluding tert-OH is 1. The molecule has 0 radical (unpaired) electrons. The highest BCUT2D eigenvalue weighted by Gasteiger charge is 2.36. The largest absolute Gasteiger partial charge is 0.424 e. The third-order valence-electron chi connectivity index (χ3n) is 2.28. The number of hydrogen-bond acceptors (Lipinski definition) is 5. The van der Waals surface area contributed by atoms with E-state index >= 15 is 0 Å². The smallest absolute Gasteiger partial charge is 0.342 e. The fraction of sp³-hybridized carbons (Fsp3) is 0.200. The van der Waals surface area contributed by atoms with Crippen molar-refractivity contribution in [3.8, 4) is 11.8 Å². The minimum Gasteiger partial charge on any atom is -0.424 e. The van der Waals surface area contributed by atoms with Gasteiger partial charge < -0.3 is 15.6 Å².